The van der Waals surface area contributed by atoms with Gasteiger partial charge in [-0.1, -0.05) is 0 Å². The zero-order valence-electron chi connectivity index (χ0n) is 6.20. The molecular weight excluding hydrogens is 144 g/mol. The molecule has 0 aliphatic heterocycles. The van der Waals surface area contributed by atoms with E-state index in [4.69, 9.17) is 10.8 Å². The maximum absolute atomic E-state index is 9.28. The van der Waals surface area contributed by atoms with Crippen LogP contribution in [0.1, 0.15) is 11.3 Å². The van der Waals surface area contributed by atoms with Gasteiger partial charge in [-0.3, -0.25) is 4.98 Å². The highest BCUT2D eigenvalue weighted by Crippen LogP contribution is 2.24. The largest absolute Gasteiger partial charge is 0.506 e. The van der Waals surface area contributed by atoms with Gasteiger partial charge in [0.2, 0.25) is 0 Å². The number of pyridine rings is 1. The predicted molar refractivity (Wildman–Crippen MR) is 41.0 cm³/mol. The third kappa shape index (κ3) is 1.25. The Morgan fingerprint density at radius 2 is 2.27 bits per heavy atom. The fourth-order valence-corrected chi connectivity index (χ4v) is 0.827. The molecule has 4 N–H and O–H groups in total. The van der Waals surface area contributed by atoms with Gasteiger partial charge in [-0.05, 0) is 6.92 Å². The molecule has 0 radical (unpaired) electrons. The summed E-state index contributed by atoms with van der Waals surface area (Å²) in [6.45, 7) is 1.38. The quantitative estimate of drug-likeness (QED) is 0.538. The average molecular weight is 154 g/mol. The Morgan fingerprint density at radius 3 is 2.73 bits per heavy atom. The second kappa shape index (κ2) is 2.75. The molecule has 0 aromatic carbocycles. The minimum absolute atomic E-state index is 0.0208. The third-order valence-electron chi connectivity index (χ3n) is 1.53. The Labute approximate surface area is 64.3 Å². The lowest BCUT2D eigenvalue weighted by atomic mass is 10.2. The third-order valence-corrected chi connectivity index (χ3v) is 1.53. The summed E-state index contributed by atoms with van der Waals surface area (Å²) in [6, 6.07) is 0. The molecule has 0 amide bonds. The number of nitrogen functional groups attached to an aromatic ring is 1. The number of hydrogen-bond donors (Lipinski definition) is 3. The van der Waals surface area contributed by atoms with Crippen molar-refractivity contribution < 1.29 is 10.2 Å². The summed E-state index contributed by atoms with van der Waals surface area (Å²) in [6.07, 6.45) is 1.42. The molecule has 0 atom stereocenters. The molecular formula is C7H10N2O2. The highest BCUT2D eigenvalue weighted by molar-refractivity contribution is 5.53. The van der Waals surface area contributed by atoms with Gasteiger partial charge in [0.1, 0.15) is 5.75 Å². The summed E-state index contributed by atoms with van der Waals surface area (Å²) in [5.41, 5.74) is 6.55. The smallest absolute Gasteiger partial charge is 0.144 e. The maximum atomic E-state index is 9.28. The second-order valence-electron chi connectivity index (χ2n) is 2.28. The van der Waals surface area contributed by atoms with Crippen molar-refractivity contribution in [3.8, 4) is 5.75 Å². The summed E-state index contributed by atoms with van der Waals surface area (Å²) in [7, 11) is 0. The molecule has 4 nitrogen and oxygen atoms in total. The van der Waals surface area contributed by atoms with Crippen LogP contribution >= 0.6 is 0 Å². The molecule has 0 fully saturated rings. The lowest BCUT2D eigenvalue weighted by Crippen LogP contribution is -1.97. The van der Waals surface area contributed by atoms with Crippen LogP contribution in [0.15, 0.2) is 6.20 Å². The number of hydrogen-bond acceptors (Lipinski definition) is 4. The zero-order valence-corrected chi connectivity index (χ0v) is 6.20. The van der Waals surface area contributed by atoms with Crippen molar-refractivity contribution in [2.24, 2.45) is 0 Å². The van der Waals surface area contributed by atoms with E-state index in [-0.39, 0.29) is 12.4 Å². The molecule has 0 spiro atoms. The van der Waals surface area contributed by atoms with Crippen molar-refractivity contribution in [3.63, 3.8) is 0 Å². The summed E-state index contributed by atoms with van der Waals surface area (Å²) in [4.78, 5) is 3.80. The van der Waals surface area contributed by atoms with Crippen LogP contribution in [0, 0.1) is 6.92 Å². The first-order valence-corrected chi connectivity index (χ1v) is 3.20. The first-order valence-electron chi connectivity index (χ1n) is 3.20. The van der Waals surface area contributed by atoms with Gasteiger partial charge in [0.25, 0.3) is 0 Å². The van der Waals surface area contributed by atoms with Crippen molar-refractivity contribution in [2.75, 3.05) is 5.73 Å². The van der Waals surface area contributed by atoms with Crippen LogP contribution in [0.5, 0.6) is 5.75 Å². The van der Waals surface area contributed by atoms with Crippen LogP contribution in [0.25, 0.3) is 0 Å². The molecule has 0 aliphatic rings. The Bertz CT molecular complexity index is 273. The van der Waals surface area contributed by atoms with Gasteiger partial charge < -0.3 is 15.9 Å². The highest BCUT2D eigenvalue weighted by Gasteiger charge is 2.07. The average Bonchev–Trinajstić information content (AvgIpc) is 1.99. The Balaban J connectivity index is 3.29. The Hall–Kier alpha value is -1.29. The lowest BCUT2D eigenvalue weighted by Gasteiger charge is -2.05. The van der Waals surface area contributed by atoms with E-state index in [2.05, 4.69) is 4.98 Å². The topological polar surface area (TPSA) is 79.4 Å². The maximum Gasteiger partial charge on any atom is 0.144 e. The minimum Gasteiger partial charge on any atom is -0.506 e. The summed E-state index contributed by atoms with van der Waals surface area (Å²) in [5, 5.41) is 18.0. The van der Waals surface area contributed by atoms with E-state index in [9.17, 15) is 5.11 Å². The molecule has 0 unspecified atom stereocenters. The molecule has 1 heterocycles. The van der Waals surface area contributed by atoms with Crippen molar-refractivity contribution >= 4 is 5.69 Å². The standard InChI is InChI=1S/C7H10N2O2/c1-4-7(11)5(3-10)6(8)2-9-4/h2,10-11H,3,8H2,1H3. The molecule has 60 valence electrons. The van der Waals surface area contributed by atoms with Crippen LogP contribution in [0.4, 0.5) is 5.69 Å². The van der Waals surface area contributed by atoms with E-state index in [0.717, 1.165) is 0 Å². The van der Waals surface area contributed by atoms with E-state index in [1.54, 1.807) is 6.92 Å². The summed E-state index contributed by atoms with van der Waals surface area (Å²) < 4.78 is 0. The number of nitrogens with two attached hydrogens (primary N) is 1. The van der Waals surface area contributed by atoms with Gasteiger partial charge in [-0.15, -0.1) is 0 Å². The van der Waals surface area contributed by atoms with E-state index in [1.165, 1.54) is 6.20 Å². The van der Waals surface area contributed by atoms with Crippen LogP contribution in [-0.4, -0.2) is 15.2 Å². The van der Waals surface area contributed by atoms with Gasteiger partial charge in [0, 0.05) is 5.56 Å². The SMILES string of the molecule is Cc1ncc(N)c(CO)c1O. The number of aromatic nitrogens is 1. The number of nitrogens with zero attached hydrogens (tertiary/aromatic N) is 1. The molecule has 1 rings (SSSR count). The normalized spacial score (nSPS) is 10.0. The van der Waals surface area contributed by atoms with E-state index >= 15 is 0 Å². The van der Waals surface area contributed by atoms with E-state index in [0.29, 0.717) is 16.9 Å². The molecule has 1 aromatic rings. The number of aliphatic hydroxyl groups is 1. The van der Waals surface area contributed by atoms with Gasteiger partial charge in [0.05, 0.1) is 24.2 Å². The van der Waals surface area contributed by atoms with Gasteiger partial charge in [0.15, 0.2) is 0 Å². The number of aromatic hydroxyl groups is 1. The van der Waals surface area contributed by atoms with E-state index in [1.807, 2.05) is 0 Å². The van der Waals surface area contributed by atoms with Crippen molar-refractivity contribution in [1.29, 1.82) is 0 Å². The molecule has 0 aliphatic carbocycles. The van der Waals surface area contributed by atoms with Crippen molar-refractivity contribution in [1.82, 2.24) is 4.98 Å². The number of aryl methyl sites for hydroxylation is 1. The molecule has 1 aromatic heterocycles. The summed E-state index contributed by atoms with van der Waals surface area (Å²) >= 11 is 0. The molecule has 4 heteroatoms. The van der Waals surface area contributed by atoms with Crippen LogP contribution in [0.3, 0.4) is 0 Å². The molecule has 0 bridgehead atoms. The van der Waals surface area contributed by atoms with Gasteiger partial charge in [-0.2, -0.15) is 0 Å². The Morgan fingerprint density at radius 1 is 1.64 bits per heavy atom. The van der Waals surface area contributed by atoms with Gasteiger partial charge >= 0.3 is 0 Å². The monoisotopic (exact) mass is 154 g/mol. The first kappa shape index (κ1) is 7.81. The zero-order chi connectivity index (χ0) is 8.43. The number of anilines is 1. The number of rotatable bonds is 1. The molecule has 11 heavy (non-hydrogen) atoms. The predicted octanol–water partition coefficient (Wildman–Crippen LogP) is 0.170. The Kier molecular flexibility index (Phi) is 1.96. The van der Waals surface area contributed by atoms with E-state index < -0.39 is 0 Å². The highest BCUT2D eigenvalue weighted by atomic mass is 16.3. The van der Waals surface area contributed by atoms with Crippen LogP contribution in [-0.2, 0) is 6.61 Å². The second-order valence-corrected chi connectivity index (χ2v) is 2.28. The number of aliphatic hydroxyl groups excluding tert-OH is 1. The fraction of sp³-hybridized carbons (Fsp3) is 0.286. The van der Waals surface area contributed by atoms with Gasteiger partial charge in [-0.25, -0.2) is 0 Å². The fourth-order valence-electron chi connectivity index (χ4n) is 0.827. The van der Waals surface area contributed by atoms with Crippen LogP contribution < -0.4 is 5.73 Å². The first-order chi connectivity index (χ1) is 5.16. The lowest BCUT2D eigenvalue weighted by molar-refractivity contribution is 0.276. The molecule has 0 saturated carbocycles. The van der Waals surface area contributed by atoms with Crippen molar-refractivity contribution in [3.05, 3.63) is 17.5 Å². The summed E-state index contributed by atoms with van der Waals surface area (Å²) in [5.74, 6) is -0.0208. The molecule has 0 saturated heterocycles. The van der Waals surface area contributed by atoms with Crippen molar-refractivity contribution in [2.45, 2.75) is 13.5 Å². The van der Waals surface area contributed by atoms with Crippen LogP contribution in [0.2, 0.25) is 0 Å². The minimum atomic E-state index is -0.263.